The second-order valence-electron chi connectivity index (χ2n) is 3.80. The van der Waals surface area contributed by atoms with Gasteiger partial charge >= 0.3 is 0 Å². The molecule has 15 heavy (non-hydrogen) atoms. The molecule has 1 heteroatoms. The van der Waals surface area contributed by atoms with Crippen molar-refractivity contribution in [3.63, 3.8) is 0 Å². The molecular formula is C14H25N. The van der Waals surface area contributed by atoms with Crippen LogP contribution in [0.15, 0.2) is 37.0 Å². The largest absolute Gasteiger partial charge is 0.313 e. The van der Waals surface area contributed by atoms with Crippen LogP contribution in [0.4, 0.5) is 0 Å². The Kier molecular flexibility index (Phi) is 9.19. The topological polar surface area (TPSA) is 12.0 Å². The van der Waals surface area contributed by atoms with Gasteiger partial charge in [0.15, 0.2) is 0 Å². The first-order chi connectivity index (χ1) is 7.29. The van der Waals surface area contributed by atoms with Crippen molar-refractivity contribution in [1.82, 2.24) is 5.32 Å². The number of rotatable bonds is 9. The molecule has 0 aliphatic heterocycles. The maximum Gasteiger partial charge on any atom is 0.0317 e. The first-order valence-electron chi connectivity index (χ1n) is 5.92. The van der Waals surface area contributed by atoms with Gasteiger partial charge in [-0.05, 0) is 19.0 Å². The summed E-state index contributed by atoms with van der Waals surface area (Å²) in [7, 11) is 2.00. The summed E-state index contributed by atoms with van der Waals surface area (Å²) in [6, 6.07) is 0.428. The standard InChI is InChI=1S/C14H25N/c1-5-8-9-10-12-14(15-4)13(7-3)11-6-2/h6-7,11,14-15H,2-3,5,8-10,12H2,1,4H3/b13-11+. The SMILES string of the molecule is C=C/C=C(\C=C)C(CCCCCC)NC. The molecule has 0 bridgehead atoms. The molecule has 1 atom stereocenters. The molecule has 0 aliphatic carbocycles. The number of allylic oxidation sites excluding steroid dienone is 2. The molecule has 0 saturated heterocycles. The van der Waals surface area contributed by atoms with Crippen LogP contribution in [0.3, 0.4) is 0 Å². The maximum atomic E-state index is 3.84. The Bertz CT molecular complexity index is 203. The zero-order valence-electron chi connectivity index (χ0n) is 10.3. The predicted molar refractivity (Wildman–Crippen MR) is 70.1 cm³/mol. The lowest BCUT2D eigenvalue weighted by Crippen LogP contribution is -2.26. The molecule has 1 nitrogen and oxygen atoms in total. The van der Waals surface area contributed by atoms with Crippen LogP contribution in [0.1, 0.15) is 39.0 Å². The van der Waals surface area contributed by atoms with Crippen LogP contribution in [0.2, 0.25) is 0 Å². The third kappa shape index (κ3) is 6.29. The predicted octanol–water partition coefficient (Wildman–Crippen LogP) is 3.84. The molecule has 0 radical (unpaired) electrons. The minimum atomic E-state index is 0.428. The van der Waals surface area contributed by atoms with Crippen molar-refractivity contribution in [1.29, 1.82) is 0 Å². The fourth-order valence-electron chi connectivity index (χ4n) is 1.72. The first-order valence-corrected chi connectivity index (χ1v) is 5.92. The van der Waals surface area contributed by atoms with Crippen molar-refractivity contribution in [3.8, 4) is 0 Å². The second kappa shape index (κ2) is 9.72. The number of nitrogens with one attached hydrogen (secondary N) is 1. The van der Waals surface area contributed by atoms with Gasteiger partial charge in [0.2, 0.25) is 0 Å². The van der Waals surface area contributed by atoms with Crippen LogP contribution in [0.25, 0.3) is 0 Å². The highest BCUT2D eigenvalue weighted by Gasteiger charge is 2.07. The Balaban J connectivity index is 4.04. The van der Waals surface area contributed by atoms with Gasteiger partial charge in [0.25, 0.3) is 0 Å². The van der Waals surface area contributed by atoms with E-state index in [1.54, 1.807) is 0 Å². The number of unbranched alkanes of at least 4 members (excludes halogenated alkanes) is 3. The molecule has 0 heterocycles. The molecule has 0 aromatic heterocycles. The van der Waals surface area contributed by atoms with Gasteiger partial charge in [-0.3, -0.25) is 0 Å². The van der Waals surface area contributed by atoms with E-state index in [0.717, 1.165) is 0 Å². The van der Waals surface area contributed by atoms with E-state index in [4.69, 9.17) is 0 Å². The molecule has 0 rings (SSSR count). The summed E-state index contributed by atoms with van der Waals surface area (Å²) in [5.41, 5.74) is 1.24. The van der Waals surface area contributed by atoms with Crippen molar-refractivity contribution in [2.45, 2.75) is 45.1 Å². The monoisotopic (exact) mass is 207 g/mol. The molecule has 1 N–H and O–H groups in total. The van der Waals surface area contributed by atoms with Crippen LogP contribution in [0, 0.1) is 0 Å². The van der Waals surface area contributed by atoms with Crippen LogP contribution in [-0.2, 0) is 0 Å². The minimum Gasteiger partial charge on any atom is -0.313 e. The lowest BCUT2D eigenvalue weighted by molar-refractivity contribution is 0.540. The average Bonchev–Trinajstić information content (AvgIpc) is 2.27. The van der Waals surface area contributed by atoms with Gasteiger partial charge < -0.3 is 5.32 Å². The molecule has 1 unspecified atom stereocenters. The van der Waals surface area contributed by atoms with Crippen molar-refractivity contribution in [3.05, 3.63) is 37.0 Å². The van der Waals surface area contributed by atoms with E-state index in [1.807, 2.05) is 25.3 Å². The van der Waals surface area contributed by atoms with E-state index in [2.05, 4.69) is 25.4 Å². The minimum absolute atomic E-state index is 0.428. The molecule has 0 saturated carbocycles. The maximum absolute atomic E-state index is 3.84. The zero-order chi connectivity index (χ0) is 11.5. The van der Waals surface area contributed by atoms with E-state index in [9.17, 15) is 0 Å². The summed E-state index contributed by atoms with van der Waals surface area (Å²) in [5.74, 6) is 0. The van der Waals surface area contributed by atoms with Crippen molar-refractivity contribution in [2.24, 2.45) is 0 Å². The quantitative estimate of drug-likeness (QED) is 0.447. The molecule has 0 fully saturated rings. The smallest absolute Gasteiger partial charge is 0.0317 e. The third-order valence-electron chi connectivity index (χ3n) is 2.64. The van der Waals surface area contributed by atoms with Gasteiger partial charge in [-0.1, -0.05) is 64.0 Å². The van der Waals surface area contributed by atoms with Gasteiger partial charge in [-0.2, -0.15) is 0 Å². The summed E-state index contributed by atoms with van der Waals surface area (Å²) in [6.45, 7) is 9.80. The molecular weight excluding hydrogens is 182 g/mol. The molecule has 0 aromatic rings. The van der Waals surface area contributed by atoms with E-state index in [0.29, 0.717) is 6.04 Å². The summed E-state index contributed by atoms with van der Waals surface area (Å²) < 4.78 is 0. The van der Waals surface area contributed by atoms with Crippen LogP contribution < -0.4 is 5.32 Å². The van der Waals surface area contributed by atoms with Crippen molar-refractivity contribution < 1.29 is 0 Å². The average molecular weight is 207 g/mol. The fourth-order valence-corrected chi connectivity index (χ4v) is 1.72. The van der Waals surface area contributed by atoms with Crippen molar-refractivity contribution >= 4 is 0 Å². The van der Waals surface area contributed by atoms with Crippen LogP contribution in [-0.4, -0.2) is 13.1 Å². The number of likely N-dealkylation sites (N-methyl/N-ethyl adjacent to an activating group) is 1. The van der Waals surface area contributed by atoms with E-state index < -0.39 is 0 Å². The van der Waals surface area contributed by atoms with Crippen LogP contribution >= 0.6 is 0 Å². The first kappa shape index (κ1) is 14.2. The zero-order valence-corrected chi connectivity index (χ0v) is 10.3. The second-order valence-corrected chi connectivity index (χ2v) is 3.80. The highest BCUT2D eigenvalue weighted by atomic mass is 14.9. The summed E-state index contributed by atoms with van der Waals surface area (Å²) >= 11 is 0. The summed E-state index contributed by atoms with van der Waals surface area (Å²) in [4.78, 5) is 0. The molecule has 0 amide bonds. The highest BCUT2D eigenvalue weighted by Crippen LogP contribution is 2.12. The lowest BCUT2D eigenvalue weighted by atomic mass is 10.00. The van der Waals surface area contributed by atoms with Gasteiger partial charge in [0, 0.05) is 6.04 Å². The van der Waals surface area contributed by atoms with Crippen LogP contribution in [0.5, 0.6) is 0 Å². The van der Waals surface area contributed by atoms with E-state index >= 15 is 0 Å². The van der Waals surface area contributed by atoms with Gasteiger partial charge in [0.1, 0.15) is 0 Å². The molecule has 0 aromatic carbocycles. The highest BCUT2D eigenvalue weighted by molar-refractivity contribution is 5.26. The lowest BCUT2D eigenvalue weighted by Gasteiger charge is -2.17. The Morgan fingerprint density at radius 3 is 2.47 bits per heavy atom. The van der Waals surface area contributed by atoms with Crippen molar-refractivity contribution in [2.75, 3.05) is 7.05 Å². The summed E-state index contributed by atoms with van der Waals surface area (Å²) in [5, 5.41) is 3.33. The molecule has 86 valence electrons. The van der Waals surface area contributed by atoms with E-state index in [1.165, 1.54) is 37.7 Å². The van der Waals surface area contributed by atoms with Gasteiger partial charge in [-0.25, -0.2) is 0 Å². The number of hydrogen-bond donors (Lipinski definition) is 1. The Hall–Kier alpha value is -0.820. The van der Waals surface area contributed by atoms with E-state index in [-0.39, 0.29) is 0 Å². The molecule has 0 spiro atoms. The molecule has 0 aliphatic rings. The Labute approximate surface area is 95.0 Å². The number of hydrogen-bond acceptors (Lipinski definition) is 1. The fraction of sp³-hybridized carbons (Fsp3) is 0.571. The normalized spacial score (nSPS) is 13.6. The Morgan fingerprint density at radius 2 is 2.00 bits per heavy atom. The third-order valence-corrected chi connectivity index (χ3v) is 2.64. The van der Waals surface area contributed by atoms with Gasteiger partial charge in [-0.15, -0.1) is 0 Å². The van der Waals surface area contributed by atoms with Gasteiger partial charge in [0.05, 0.1) is 0 Å². The summed E-state index contributed by atoms with van der Waals surface area (Å²) in [6.07, 6.45) is 12.2. The Morgan fingerprint density at radius 1 is 1.27 bits per heavy atom.